The second kappa shape index (κ2) is 13.9. The maximum absolute atomic E-state index is 15.3. The second-order valence-corrected chi connectivity index (χ2v) is 11.9. The fraction of sp³-hybridized carbons (Fsp3) is 0.343. The summed E-state index contributed by atoms with van der Waals surface area (Å²) in [5.74, 6) is -1.07. The first-order valence-corrected chi connectivity index (χ1v) is 15.7. The minimum Gasteiger partial charge on any atom is -0.493 e. The molecule has 246 valence electrons. The molecule has 2 atom stereocenters. The summed E-state index contributed by atoms with van der Waals surface area (Å²) < 4.78 is 46.2. The number of halogens is 2. The molecule has 0 unspecified atom stereocenters. The summed E-state index contributed by atoms with van der Waals surface area (Å²) in [4.78, 5) is 33.2. The van der Waals surface area contributed by atoms with E-state index in [1.807, 2.05) is 0 Å². The molecule has 1 saturated heterocycles. The molecule has 3 N–H and O–H groups in total. The number of carbonyl (C=O) groups is 2. The molecule has 10 nitrogen and oxygen atoms in total. The highest BCUT2D eigenvalue weighted by Gasteiger charge is 2.63. The SMILES string of the molecule is COc1cc2c(Oc3ccc(NC(=O)[C@]4(C(=O)Nc5ccc(F)cc5)C[C@@H]4C)cc3F)ccnc2cc1OCCCN1CCNCC1. The van der Waals surface area contributed by atoms with E-state index >= 15 is 4.39 Å². The largest absolute Gasteiger partial charge is 0.493 e. The highest BCUT2D eigenvalue weighted by Crippen LogP contribution is 2.53. The molecule has 2 fully saturated rings. The normalized spacial score (nSPS) is 19.2. The molecule has 6 rings (SSSR count). The molecule has 0 spiro atoms. The van der Waals surface area contributed by atoms with E-state index in [1.165, 1.54) is 36.4 Å². The average Bonchev–Trinajstić information content (AvgIpc) is 3.77. The first-order valence-electron chi connectivity index (χ1n) is 15.7. The van der Waals surface area contributed by atoms with Crippen LogP contribution < -0.4 is 30.2 Å². The molecule has 1 saturated carbocycles. The van der Waals surface area contributed by atoms with Gasteiger partial charge < -0.3 is 35.1 Å². The lowest BCUT2D eigenvalue weighted by atomic mass is 10.0. The van der Waals surface area contributed by atoms with Crippen LogP contribution in [-0.2, 0) is 9.59 Å². The molecule has 2 heterocycles. The van der Waals surface area contributed by atoms with Gasteiger partial charge in [0.1, 0.15) is 17.0 Å². The lowest BCUT2D eigenvalue weighted by Crippen LogP contribution is -2.43. The van der Waals surface area contributed by atoms with Crippen LogP contribution in [0.5, 0.6) is 23.0 Å². The van der Waals surface area contributed by atoms with Crippen LogP contribution in [0.1, 0.15) is 19.8 Å². The summed E-state index contributed by atoms with van der Waals surface area (Å²) in [5, 5.41) is 9.31. The van der Waals surface area contributed by atoms with Gasteiger partial charge in [-0.25, -0.2) is 8.78 Å². The number of benzene rings is 3. The van der Waals surface area contributed by atoms with Gasteiger partial charge in [-0.15, -0.1) is 0 Å². The van der Waals surface area contributed by atoms with Crippen molar-refractivity contribution in [2.75, 3.05) is 57.1 Å². The summed E-state index contributed by atoms with van der Waals surface area (Å²) in [5.41, 5.74) is -0.176. The summed E-state index contributed by atoms with van der Waals surface area (Å²) >= 11 is 0. The van der Waals surface area contributed by atoms with Gasteiger partial charge >= 0.3 is 0 Å². The zero-order chi connectivity index (χ0) is 33.0. The maximum atomic E-state index is 15.3. The number of aromatic nitrogens is 1. The third kappa shape index (κ3) is 7.13. The van der Waals surface area contributed by atoms with E-state index in [2.05, 4.69) is 25.8 Å². The van der Waals surface area contributed by atoms with Crippen LogP contribution in [0.2, 0.25) is 0 Å². The number of hydrogen-bond donors (Lipinski definition) is 3. The van der Waals surface area contributed by atoms with Crippen molar-refractivity contribution in [3.05, 3.63) is 78.5 Å². The van der Waals surface area contributed by atoms with Crippen LogP contribution in [0.15, 0.2) is 66.9 Å². The first kappa shape index (κ1) is 32.1. The Hall–Kier alpha value is -4.81. The monoisotopic (exact) mass is 645 g/mol. The molecule has 4 aromatic rings. The van der Waals surface area contributed by atoms with Crippen LogP contribution in [0.4, 0.5) is 20.2 Å². The Kier molecular flexibility index (Phi) is 9.50. The van der Waals surface area contributed by atoms with Crippen LogP contribution in [0, 0.1) is 23.0 Å². The average molecular weight is 646 g/mol. The lowest BCUT2D eigenvalue weighted by Gasteiger charge is -2.27. The summed E-state index contributed by atoms with van der Waals surface area (Å²) in [6, 6.07) is 14.5. The highest BCUT2D eigenvalue weighted by molar-refractivity contribution is 6.17. The van der Waals surface area contributed by atoms with Gasteiger partial charge in [-0.05, 0) is 67.3 Å². The van der Waals surface area contributed by atoms with Crippen molar-refractivity contribution in [1.82, 2.24) is 15.2 Å². The van der Waals surface area contributed by atoms with Gasteiger partial charge in [-0.2, -0.15) is 0 Å². The maximum Gasteiger partial charge on any atom is 0.240 e. The molecule has 47 heavy (non-hydrogen) atoms. The number of nitrogens with one attached hydrogen (secondary N) is 3. The van der Waals surface area contributed by atoms with E-state index in [0.717, 1.165) is 45.2 Å². The second-order valence-electron chi connectivity index (χ2n) is 11.9. The number of rotatable bonds is 12. The predicted octanol–water partition coefficient (Wildman–Crippen LogP) is 5.59. The Labute approximate surface area is 271 Å². The summed E-state index contributed by atoms with van der Waals surface area (Å²) in [7, 11) is 1.55. The molecule has 1 aliphatic carbocycles. The Morgan fingerprint density at radius 2 is 1.64 bits per heavy atom. The molecule has 1 aliphatic heterocycles. The number of ether oxygens (including phenoxy) is 3. The number of amides is 2. The Bertz CT molecular complexity index is 1770. The standard InChI is InChI=1S/C35H37F2N5O5/c1-22-21-35(22,33(43)40-24-6-4-23(36)5-7-24)34(44)41-25-8-9-30(27(37)18-25)47-29-10-11-39-28-20-32(31(45-2)19-26(28)29)46-17-3-14-42-15-12-38-13-16-42/h4-11,18-20,22,38H,3,12-17,21H2,1-2H3,(H,40,43)(H,41,44)/t22-,35+/m0/s1. The number of anilines is 2. The number of methoxy groups -OCH3 is 1. The Morgan fingerprint density at radius 3 is 2.32 bits per heavy atom. The fourth-order valence-corrected chi connectivity index (χ4v) is 5.85. The smallest absolute Gasteiger partial charge is 0.240 e. The van der Waals surface area contributed by atoms with Crippen LogP contribution in [-0.4, -0.2) is 68.1 Å². The van der Waals surface area contributed by atoms with Gasteiger partial charge in [0, 0.05) is 67.8 Å². The van der Waals surface area contributed by atoms with E-state index in [1.54, 1.807) is 38.4 Å². The Balaban J connectivity index is 1.11. The minimum absolute atomic E-state index is 0.0636. The van der Waals surface area contributed by atoms with E-state index in [-0.39, 0.29) is 17.4 Å². The van der Waals surface area contributed by atoms with Crippen molar-refractivity contribution >= 4 is 34.1 Å². The van der Waals surface area contributed by atoms with Gasteiger partial charge in [0.05, 0.1) is 19.2 Å². The van der Waals surface area contributed by atoms with Gasteiger partial charge in [0.2, 0.25) is 11.8 Å². The van der Waals surface area contributed by atoms with Gasteiger partial charge in [0.25, 0.3) is 0 Å². The van der Waals surface area contributed by atoms with Crippen LogP contribution in [0.3, 0.4) is 0 Å². The number of carbonyl (C=O) groups excluding carboxylic acids is 2. The van der Waals surface area contributed by atoms with Crippen molar-refractivity contribution in [1.29, 1.82) is 0 Å². The van der Waals surface area contributed by atoms with Crippen molar-refractivity contribution in [3.8, 4) is 23.0 Å². The molecular weight excluding hydrogens is 608 g/mol. The zero-order valence-corrected chi connectivity index (χ0v) is 26.3. The molecule has 2 amide bonds. The van der Waals surface area contributed by atoms with Crippen LogP contribution >= 0.6 is 0 Å². The number of pyridine rings is 1. The topological polar surface area (TPSA) is 114 Å². The molecule has 3 aromatic carbocycles. The Morgan fingerprint density at radius 1 is 0.936 bits per heavy atom. The summed E-state index contributed by atoms with van der Waals surface area (Å²) in [6.07, 6.45) is 2.77. The van der Waals surface area contributed by atoms with E-state index < -0.39 is 28.9 Å². The first-order chi connectivity index (χ1) is 22.8. The predicted molar refractivity (Wildman–Crippen MR) is 174 cm³/mol. The number of piperazine rings is 1. The van der Waals surface area contributed by atoms with E-state index in [0.29, 0.717) is 46.9 Å². The third-order valence-corrected chi connectivity index (χ3v) is 8.70. The van der Waals surface area contributed by atoms with Crippen molar-refractivity contribution in [2.24, 2.45) is 11.3 Å². The van der Waals surface area contributed by atoms with Crippen molar-refractivity contribution in [2.45, 2.75) is 19.8 Å². The van der Waals surface area contributed by atoms with Crippen LogP contribution in [0.25, 0.3) is 10.9 Å². The van der Waals surface area contributed by atoms with Gasteiger partial charge in [-0.1, -0.05) is 6.92 Å². The van der Waals surface area contributed by atoms with E-state index in [4.69, 9.17) is 14.2 Å². The third-order valence-electron chi connectivity index (χ3n) is 8.70. The molecule has 1 aromatic heterocycles. The molecular formula is C35H37F2N5O5. The lowest BCUT2D eigenvalue weighted by molar-refractivity contribution is -0.131. The van der Waals surface area contributed by atoms with Gasteiger partial charge in [-0.3, -0.25) is 14.6 Å². The number of fused-ring (bicyclic) bond motifs is 1. The fourth-order valence-electron chi connectivity index (χ4n) is 5.85. The van der Waals surface area contributed by atoms with Crippen molar-refractivity contribution in [3.63, 3.8) is 0 Å². The molecule has 12 heteroatoms. The quantitative estimate of drug-likeness (QED) is 0.135. The minimum atomic E-state index is -1.32. The van der Waals surface area contributed by atoms with Crippen molar-refractivity contribution < 1.29 is 32.6 Å². The molecule has 0 radical (unpaired) electrons. The highest BCUT2D eigenvalue weighted by atomic mass is 19.1. The van der Waals surface area contributed by atoms with E-state index in [9.17, 15) is 14.0 Å². The molecule has 0 bridgehead atoms. The van der Waals surface area contributed by atoms with Gasteiger partial charge in [0.15, 0.2) is 23.1 Å². The summed E-state index contributed by atoms with van der Waals surface area (Å²) in [6.45, 7) is 7.33. The molecule has 2 aliphatic rings. The zero-order valence-electron chi connectivity index (χ0n) is 26.3. The number of hydrogen-bond acceptors (Lipinski definition) is 8. The number of nitrogens with zero attached hydrogens (tertiary/aromatic N) is 2.